The molecule has 1 aromatic rings. The number of hydrogen-bond donors (Lipinski definition) is 1. The smallest absolute Gasteiger partial charge is 0.125 e. The number of rotatable bonds is 6. The Labute approximate surface area is 103 Å². The summed E-state index contributed by atoms with van der Waals surface area (Å²) in [5.74, 6) is 0.772. The van der Waals surface area contributed by atoms with Crippen LogP contribution in [0.2, 0.25) is 0 Å². The second-order valence-electron chi connectivity index (χ2n) is 4.74. The minimum Gasteiger partial charge on any atom is -0.497 e. The van der Waals surface area contributed by atoms with E-state index in [-0.39, 0.29) is 12.5 Å². The van der Waals surface area contributed by atoms with Crippen LogP contribution in [0.3, 0.4) is 0 Å². The number of aryl methyl sites for hydroxylation is 1. The summed E-state index contributed by atoms with van der Waals surface area (Å²) in [6, 6.07) is 7.73. The topological polar surface area (TPSA) is 35.2 Å². The molecule has 0 radical (unpaired) electrons. The zero-order valence-electron chi connectivity index (χ0n) is 10.9. The number of halogens is 1. The van der Waals surface area contributed by atoms with Crippen LogP contribution in [-0.2, 0) is 6.42 Å². The summed E-state index contributed by atoms with van der Waals surface area (Å²) in [4.78, 5) is 0. The summed E-state index contributed by atoms with van der Waals surface area (Å²) in [5.41, 5.74) is 5.37. The van der Waals surface area contributed by atoms with Gasteiger partial charge in [-0.05, 0) is 36.5 Å². The maximum atomic E-state index is 14.3. The zero-order valence-corrected chi connectivity index (χ0v) is 10.9. The molecule has 0 aliphatic carbocycles. The molecule has 0 fully saturated rings. The summed E-state index contributed by atoms with van der Waals surface area (Å²) < 4.78 is 19.4. The fourth-order valence-electron chi connectivity index (χ4n) is 1.77. The third-order valence-electron chi connectivity index (χ3n) is 3.36. The first kappa shape index (κ1) is 14.0. The Hall–Kier alpha value is -1.09. The fraction of sp³-hybridized carbons (Fsp3) is 0.571. The Balaban J connectivity index is 2.59. The van der Waals surface area contributed by atoms with Crippen LogP contribution in [-0.4, -0.2) is 19.3 Å². The third kappa shape index (κ3) is 3.70. The van der Waals surface area contributed by atoms with Gasteiger partial charge in [0.25, 0.3) is 0 Å². The Morgan fingerprint density at radius 1 is 1.29 bits per heavy atom. The minimum absolute atomic E-state index is 0.0502. The molecule has 0 bridgehead atoms. The lowest BCUT2D eigenvalue weighted by Crippen LogP contribution is -2.38. The van der Waals surface area contributed by atoms with Gasteiger partial charge in [0, 0.05) is 6.54 Å². The average molecular weight is 239 g/mol. The first-order valence-corrected chi connectivity index (χ1v) is 6.04. The van der Waals surface area contributed by atoms with Crippen LogP contribution in [0.1, 0.15) is 25.8 Å². The number of hydrogen-bond acceptors (Lipinski definition) is 2. The highest BCUT2D eigenvalue weighted by molar-refractivity contribution is 5.27. The van der Waals surface area contributed by atoms with Crippen molar-refractivity contribution in [2.75, 3.05) is 13.7 Å². The van der Waals surface area contributed by atoms with E-state index in [1.54, 1.807) is 7.11 Å². The van der Waals surface area contributed by atoms with Gasteiger partial charge in [0.05, 0.1) is 7.11 Å². The Kier molecular flexibility index (Phi) is 4.94. The van der Waals surface area contributed by atoms with Gasteiger partial charge in [0.1, 0.15) is 11.4 Å². The maximum absolute atomic E-state index is 14.3. The highest BCUT2D eigenvalue weighted by Crippen LogP contribution is 2.27. The summed E-state index contributed by atoms with van der Waals surface area (Å²) in [5, 5.41) is 0. The van der Waals surface area contributed by atoms with Gasteiger partial charge >= 0.3 is 0 Å². The average Bonchev–Trinajstić information content (AvgIpc) is 2.36. The zero-order chi connectivity index (χ0) is 12.9. The van der Waals surface area contributed by atoms with Crippen molar-refractivity contribution in [1.82, 2.24) is 0 Å². The minimum atomic E-state index is -1.26. The van der Waals surface area contributed by atoms with Gasteiger partial charge < -0.3 is 10.5 Å². The highest BCUT2D eigenvalue weighted by atomic mass is 19.1. The lowest BCUT2D eigenvalue weighted by atomic mass is 9.86. The van der Waals surface area contributed by atoms with Gasteiger partial charge in [0.15, 0.2) is 0 Å². The lowest BCUT2D eigenvalue weighted by molar-refractivity contribution is 0.0993. The normalized spacial score (nSPS) is 14.7. The number of ether oxygens (including phenoxy) is 1. The molecule has 0 amide bonds. The number of methoxy groups -OCH3 is 1. The van der Waals surface area contributed by atoms with Gasteiger partial charge in [-0.2, -0.15) is 0 Å². The molecule has 0 aliphatic rings. The van der Waals surface area contributed by atoms with E-state index in [0.717, 1.165) is 11.3 Å². The third-order valence-corrected chi connectivity index (χ3v) is 3.36. The van der Waals surface area contributed by atoms with Crippen molar-refractivity contribution in [2.24, 2.45) is 11.7 Å². The van der Waals surface area contributed by atoms with E-state index in [2.05, 4.69) is 0 Å². The standard InChI is InChI=1S/C14H22FNO/c1-11(2)14(15,10-16)9-8-12-4-6-13(17-3)7-5-12/h4-7,11H,8-10,16H2,1-3H3. The molecule has 17 heavy (non-hydrogen) atoms. The Morgan fingerprint density at radius 2 is 1.88 bits per heavy atom. The monoisotopic (exact) mass is 239 g/mol. The molecule has 0 heterocycles. The van der Waals surface area contributed by atoms with Crippen molar-refractivity contribution >= 4 is 0 Å². The van der Waals surface area contributed by atoms with E-state index < -0.39 is 5.67 Å². The fourth-order valence-corrected chi connectivity index (χ4v) is 1.77. The quantitative estimate of drug-likeness (QED) is 0.828. The van der Waals surface area contributed by atoms with Crippen LogP contribution < -0.4 is 10.5 Å². The second kappa shape index (κ2) is 6.01. The van der Waals surface area contributed by atoms with Crippen molar-refractivity contribution in [1.29, 1.82) is 0 Å². The molecule has 1 atom stereocenters. The Morgan fingerprint density at radius 3 is 2.29 bits per heavy atom. The molecule has 0 spiro atoms. The summed E-state index contributed by atoms with van der Waals surface area (Å²) in [7, 11) is 1.63. The summed E-state index contributed by atoms with van der Waals surface area (Å²) in [6.07, 6.45) is 1.17. The van der Waals surface area contributed by atoms with Gasteiger partial charge in [-0.1, -0.05) is 26.0 Å². The second-order valence-corrected chi connectivity index (χ2v) is 4.74. The van der Waals surface area contributed by atoms with Crippen LogP contribution in [0, 0.1) is 5.92 Å². The molecule has 0 saturated heterocycles. The molecule has 2 N–H and O–H groups in total. The molecule has 1 rings (SSSR count). The maximum Gasteiger partial charge on any atom is 0.125 e. The Bertz CT molecular complexity index is 337. The van der Waals surface area contributed by atoms with E-state index in [1.807, 2.05) is 38.1 Å². The van der Waals surface area contributed by atoms with Gasteiger partial charge in [-0.25, -0.2) is 4.39 Å². The molecule has 2 nitrogen and oxygen atoms in total. The van der Waals surface area contributed by atoms with Crippen LogP contribution in [0.15, 0.2) is 24.3 Å². The van der Waals surface area contributed by atoms with Gasteiger partial charge in [0.2, 0.25) is 0 Å². The molecule has 1 aromatic carbocycles. The van der Waals surface area contributed by atoms with Crippen LogP contribution in [0.4, 0.5) is 4.39 Å². The van der Waals surface area contributed by atoms with Crippen molar-refractivity contribution in [3.05, 3.63) is 29.8 Å². The molecule has 0 aliphatic heterocycles. The number of benzene rings is 1. The summed E-state index contributed by atoms with van der Waals surface area (Å²) in [6.45, 7) is 3.84. The van der Waals surface area contributed by atoms with E-state index in [0.29, 0.717) is 12.8 Å². The predicted octanol–water partition coefficient (Wildman–Crippen LogP) is 2.95. The number of alkyl halides is 1. The van der Waals surface area contributed by atoms with E-state index in [1.165, 1.54) is 0 Å². The first-order chi connectivity index (χ1) is 8.01. The molecule has 0 aromatic heterocycles. The van der Waals surface area contributed by atoms with E-state index >= 15 is 0 Å². The number of nitrogens with two attached hydrogens (primary N) is 1. The first-order valence-electron chi connectivity index (χ1n) is 6.04. The highest BCUT2D eigenvalue weighted by Gasteiger charge is 2.31. The van der Waals surface area contributed by atoms with E-state index in [9.17, 15) is 4.39 Å². The van der Waals surface area contributed by atoms with Crippen molar-refractivity contribution in [3.8, 4) is 5.75 Å². The van der Waals surface area contributed by atoms with Crippen LogP contribution in [0.25, 0.3) is 0 Å². The molecule has 3 heteroatoms. The molecular weight excluding hydrogens is 217 g/mol. The van der Waals surface area contributed by atoms with Crippen molar-refractivity contribution < 1.29 is 9.13 Å². The largest absolute Gasteiger partial charge is 0.497 e. The van der Waals surface area contributed by atoms with Crippen LogP contribution in [0.5, 0.6) is 5.75 Å². The predicted molar refractivity (Wildman–Crippen MR) is 69.0 cm³/mol. The van der Waals surface area contributed by atoms with Crippen LogP contribution >= 0.6 is 0 Å². The van der Waals surface area contributed by atoms with Gasteiger partial charge in [-0.3, -0.25) is 0 Å². The van der Waals surface area contributed by atoms with Crippen molar-refractivity contribution in [3.63, 3.8) is 0 Å². The molecule has 1 unspecified atom stereocenters. The molecular formula is C14H22FNO. The van der Waals surface area contributed by atoms with E-state index in [4.69, 9.17) is 10.5 Å². The molecule has 96 valence electrons. The SMILES string of the molecule is COc1ccc(CCC(F)(CN)C(C)C)cc1. The summed E-state index contributed by atoms with van der Waals surface area (Å²) >= 11 is 0. The van der Waals surface area contributed by atoms with Gasteiger partial charge in [-0.15, -0.1) is 0 Å². The molecule has 0 saturated carbocycles. The van der Waals surface area contributed by atoms with Crippen molar-refractivity contribution in [2.45, 2.75) is 32.4 Å². The lowest BCUT2D eigenvalue weighted by Gasteiger charge is -2.27.